The SMILES string of the molecule is CC(Cl)C(C)(C)NC(=O)c1ccc(Br)cc1Br. The average Bonchev–Trinajstić information content (AvgIpc) is 2.15. The van der Waals surface area contributed by atoms with Gasteiger partial charge >= 0.3 is 0 Å². The van der Waals surface area contributed by atoms with Crippen LogP contribution in [0.4, 0.5) is 0 Å². The number of benzene rings is 1. The Balaban J connectivity index is 2.91. The van der Waals surface area contributed by atoms with Gasteiger partial charge in [-0.15, -0.1) is 11.6 Å². The van der Waals surface area contributed by atoms with Crippen molar-refractivity contribution in [3.8, 4) is 0 Å². The van der Waals surface area contributed by atoms with Crippen molar-refractivity contribution >= 4 is 49.4 Å². The van der Waals surface area contributed by atoms with Gasteiger partial charge in [0.15, 0.2) is 0 Å². The highest BCUT2D eigenvalue weighted by Crippen LogP contribution is 2.23. The second-order valence-corrected chi connectivity index (χ2v) is 6.84. The van der Waals surface area contributed by atoms with Crippen LogP contribution in [0.15, 0.2) is 27.1 Å². The second-order valence-electron chi connectivity index (χ2n) is 4.42. The van der Waals surface area contributed by atoms with E-state index in [2.05, 4.69) is 37.2 Å². The van der Waals surface area contributed by atoms with Crippen molar-refractivity contribution in [2.24, 2.45) is 0 Å². The number of nitrogens with one attached hydrogen (secondary N) is 1. The molecular formula is C12H14Br2ClNO. The van der Waals surface area contributed by atoms with Gasteiger partial charge in [-0.1, -0.05) is 15.9 Å². The molecule has 0 aliphatic rings. The van der Waals surface area contributed by atoms with Crippen LogP contribution in [0.1, 0.15) is 31.1 Å². The molecule has 1 atom stereocenters. The Labute approximate surface area is 123 Å². The molecule has 0 spiro atoms. The highest BCUT2D eigenvalue weighted by Gasteiger charge is 2.27. The maximum absolute atomic E-state index is 12.1. The lowest BCUT2D eigenvalue weighted by atomic mass is 10.0. The predicted molar refractivity (Wildman–Crippen MR) is 78.7 cm³/mol. The lowest BCUT2D eigenvalue weighted by molar-refractivity contribution is 0.0911. The maximum Gasteiger partial charge on any atom is 0.252 e. The molecule has 0 saturated heterocycles. The first-order valence-corrected chi connectivity index (χ1v) is 7.18. The maximum atomic E-state index is 12.1. The van der Waals surface area contributed by atoms with E-state index in [9.17, 15) is 4.79 Å². The van der Waals surface area contributed by atoms with Gasteiger partial charge < -0.3 is 5.32 Å². The van der Waals surface area contributed by atoms with Crippen LogP contribution in [0.25, 0.3) is 0 Å². The number of carbonyl (C=O) groups is 1. The molecule has 94 valence electrons. The molecule has 1 aromatic rings. The second kappa shape index (κ2) is 5.72. The molecule has 0 fully saturated rings. The summed E-state index contributed by atoms with van der Waals surface area (Å²) in [6.07, 6.45) is 0. The number of amides is 1. The van der Waals surface area contributed by atoms with E-state index in [1.165, 1.54) is 0 Å². The quantitative estimate of drug-likeness (QED) is 0.773. The van der Waals surface area contributed by atoms with Crippen LogP contribution in [0, 0.1) is 0 Å². The molecule has 1 unspecified atom stereocenters. The van der Waals surface area contributed by atoms with Crippen molar-refractivity contribution in [2.75, 3.05) is 0 Å². The molecule has 2 nitrogen and oxygen atoms in total. The third-order valence-electron chi connectivity index (χ3n) is 2.61. The predicted octanol–water partition coefficient (Wildman–Crippen LogP) is 4.35. The molecule has 0 saturated carbocycles. The van der Waals surface area contributed by atoms with E-state index < -0.39 is 5.54 Å². The lowest BCUT2D eigenvalue weighted by Gasteiger charge is -2.29. The minimum Gasteiger partial charge on any atom is -0.346 e. The Hall–Kier alpha value is -0.0600. The summed E-state index contributed by atoms with van der Waals surface area (Å²) < 4.78 is 1.67. The van der Waals surface area contributed by atoms with E-state index in [1.54, 1.807) is 6.07 Å². The van der Waals surface area contributed by atoms with Gasteiger partial charge in [0.1, 0.15) is 0 Å². The van der Waals surface area contributed by atoms with E-state index in [1.807, 2.05) is 32.9 Å². The fraction of sp³-hybridized carbons (Fsp3) is 0.417. The van der Waals surface area contributed by atoms with Crippen LogP contribution in [0.5, 0.6) is 0 Å². The van der Waals surface area contributed by atoms with Crippen molar-refractivity contribution in [3.63, 3.8) is 0 Å². The minimum absolute atomic E-state index is 0.137. The van der Waals surface area contributed by atoms with Crippen LogP contribution in [0.2, 0.25) is 0 Å². The van der Waals surface area contributed by atoms with Gasteiger partial charge in [0, 0.05) is 8.95 Å². The van der Waals surface area contributed by atoms with Gasteiger partial charge in [0.25, 0.3) is 5.91 Å². The third-order valence-corrected chi connectivity index (χ3v) is 4.30. The number of carbonyl (C=O) groups excluding carboxylic acids is 1. The summed E-state index contributed by atoms with van der Waals surface area (Å²) in [4.78, 5) is 12.1. The molecule has 0 aliphatic heterocycles. The largest absolute Gasteiger partial charge is 0.346 e. The molecule has 1 rings (SSSR count). The zero-order valence-electron chi connectivity index (χ0n) is 9.85. The summed E-state index contributed by atoms with van der Waals surface area (Å²) in [5, 5.41) is 2.76. The molecule has 0 heterocycles. The summed E-state index contributed by atoms with van der Waals surface area (Å²) in [6.45, 7) is 5.66. The normalized spacial score (nSPS) is 13.3. The number of halogens is 3. The number of alkyl halides is 1. The van der Waals surface area contributed by atoms with Gasteiger partial charge in [-0.25, -0.2) is 0 Å². The summed E-state index contributed by atoms with van der Waals surface area (Å²) in [5.41, 5.74) is 0.143. The standard InChI is InChI=1S/C12H14Br2ClNO/c1-7(15)12(2,3)16-11(17)9-5-4-8(13)6-10(9)14/h4-7H,1-3H3,(H,16,17). The monoisotopic (exact) mass is 381 g/mol. The van der Waals surface area contributed by atoms with E-state index in [-0.39, 0.29) is 11.3 Å². The Bertz CT molecular complexity index is 433. The first kappa shape index (κ1) is 15.0. The first-order valence-electron chi connectivity index (χ1n) is 5.15. The Morgan fingerprint density at radius 1 is 1.41 bits per heavy atom. The Morgan fingerprint density at radius 3 is 2.47 bits per heavy atom. The minimum atomic E-state index is -0.453. The number of hydrogen-bond acceptors (Lipinski definition) is 1. The van der Waals surface area contributed by atoms with E-state index >= 15 is 0 Å². The van der Waals surface area contributed by atoms with Crippen molar-refractivity contribution < 1.29 is 4.79 Å². The van der Waals surface area contributed by atoms with Crippen LogP contribution in [0.3, 0.4) is 0 Å². The number of hydrogen-bond donors (Lipinski definition) is 1. The van der Waals surface area contributed by atoms with E-state index in [0.717, 1.165) is 8.95 Å². The lowest BCUT2D eigenvalue weighted by Crippen LogP contribution is -2.49. The molecule has 17 heavy (non-hydrogen) atoms. The Morgan fingerprint density at radius 2 is 2.00 bits per heavy atom. The fourth-order valence-corrected chi connectivity index (χ4v) is 2.41. The topological polar surface area (TPSA) is 29.1 Å². The molecule has 0 bridgehead atoms. The highest BCUT2D eigenvalue weighted by molar-refractivity contribution is 9.11. The zero-order chi connectivity index (χ0) is 13.2. The zero-order valence-corrected chi connectivity index (χ0v) is 13.8. The first-order chi connectivity index (χ1) is 7.74. The molecule has 5 heteroatoms. The van der Waals surface area contributed by atoms with Gasteiger partial charge in [-0.3, -0.25) is 4.79 Å². The van der Waals surface area contributed by atoms with Gasteiger partial charge in [0.2, 0.25) is 0 Å². The molecule has 1 aromatic carbocycles. The van der Waals surface area contributed by atoms with E-state index in [4.69, 9.17) is 11.6 Å². The van der Waals surface area contributed by atoms with Crippen LogP contribution < -0.4 is 5.32 Å². The molecular weight excluding hydrogens is 369 g/mol. The summed E-state index contributed by atoms with van der Waals surface area (Å²) >= 11 is 12.7. The average molecular weight is 384 g/mol. The van der Waals surface area contributed by atoms with Crippen LogP contribution >= 0.6 is 43.5 Å². The van der Waals surface area contributed by atoms with Crippen molar-refractivity contribution in [3.05, 3.63) is 32.7 Å². The van der Waals surface area contributed by atoms with Gasteiger partial charge in [-0.05, 0) is 54.9 Å². The summed E-state index contributed by atoms with van der Waals surface area (Å²) in [5.74, 6) is -0.137. The molecule has 0 aromatic heterocycles. The highest BCUT2D eigenvalue weighted by atomic mass is 79.9. The smallest absolute Gasteiger partial charge is 0.252 e. The summed E-state index contributed by atoms with van der Waals surface area (Å²) in [6, 6.07) is 5.43. The van der Waals surface area contributed by atoms with Crippen LogP contribution in [-0.4, -0.2) is 16.8 Å². The van der Waals surface area contributed by atoms with Crippen molar-refractivity contribution in [2.45, 2.75) is 31.7 Å². The van der Waals surface area contributed by atoms with Gasteiger partial charge in [0.05, 0.1) is 16.5 Å². The van der Waals surface area contributed by atoms with Crippen molar-refractivity contribution in [1.82, 2.24) is 5.32 Å². The van der Waals surface area contributed by atoms with Gasteiger partial charge in [-0.2, -0.15) is 0 Å². The molecule has 1 amide bonds. The number of rotatable bonds is 3. The summed E-state index contributed by atoms with van der Waals surface area (Å²) in [7, 11) is 0. The van der Waals surface area contributed by atoms with Crippen molar-refractivity contribution in [1.29, 1.82) is 0 Å². The Kier molecular flexibility index (Phi) is 5.05. The third kappa shape index (κ3) is 3.97. The molecule has 1 N–H and O–H groups in total. The van der Waals surface area contributed by atoms with Crippen LogP contribution in [-0.2, 0) is 0 Å². The van der Waals surface area contributed by atoms with E-state index in [0.29, 0.717) is 5.56 Å². The fourth-order valence-electron chi connectivity index (χ4n) is 1.13. The molecule has 0 radical (unpaired) electrons. The molecule has 0 aliphatic carbocycles.